The third-order valence-electron chi connectivity index (χ3n) is 4.07. The summed E-state index contributed by atoms with van der Waals surface area (Å²) in [5, 5.41) is 4.64. The van der Waals surface area contributed by atoms with E-state index in [1.165, 1.54) is 0 Å². The molecule has 1 N–H and O–H groups in total. The predicted molar refractivity (Wildman–Crippen MR) is 116 cm³/mol. The lowest BCUT2D eigenvalue weighted by Gasteiger charge is -2.16. The molecular formula is C20H17BrCl2N2O3. The lowest BCUT2D eigenvalue weighted by molar-refractivity contribution is 0.0527. The summed E-state index contributed by atoms with van der Waals surface area (Å²) in [4.78, 5) is 16.9. The molecule has 0 unspecified atom stereocenters. The number of hydrogen-bond acceptors (Lipinski definition) is 5. The van der Waals surface area contributed by atoms with Crippen molar-refractivity contribution in [2.45, 2.75) is 13.5 Å². The maximum Gasteiger partial charge on any atom is 0.343 e. The third-order valence-corrected chi connectivity index (χ3v) is 5.13. The Bertz CT molecular complexity index is 1040. The fourth-order valence-electron chi connectivity index (χ4n) is 2.79. The average Bonchev–Trinajstić information content (AvgIpc) is 2.66. The van der Waals surface area contributed by atoms with Crippen molar-refractivity contribution < 1.29 is 14.3 Å². The summed E-state index contributed by atoms with van der Waals surface area (Å²) >= 11 is 16.0. The highest BCUT2D eigenvalue weighted by Crippen LogP contribution is 2.34. The van der Waals surface area contributed by atoms with Gasteiger partial charge in [0.1, 0.15) is 16.5 Å². The second-order valence-corrected chi connectivity index (χ2v) is 7.54. The van der Waals surface area contributed by atoms with Gasteiger partial charge in [0.15, 0.2) is 0 Å². The number of nitrogens with one attached hydrogen (secondary N) is 1. The van der Waals surface area contributed by atoms with Crippen molar-refractivity contribution in [2.75, 3.05) is 19.0 Å². The smallest absolute Gasteiger partial charge is 0.343 e. The number of fused-ring (bicyclic) bond motifs is 1. The Morgan fingerprint density at radius 2 is 2.00 bits per heavy atom. The molecular weight excluding hydrogens is 467 g/mol. The molecule has 0 saturated carbocycles. The maximum atomic E-state index is 12.5. The molecule has 3 rings (SSSR count). The maximum absolute atomic E-state index is 12.5. The van der Waals surface area contributed by atoms with E-state index in [2.05, 4.69) is 26.2 Å². The highest BCUT2D eigenvalue weighted by atomic mass is 79.9. The topological polar surface area (TPSA) is 60.5 Å². The van der Waals surface area contributed by atoms with Gasteiger partial charge in [-0.2, -0.15) is 0 Å². The first kappa shape index (κ1) is 20.7. The van der Waals surface area contributed by atoms with Crippen LogP contribution in [0.4, 0.5) is 5.69 Å². The molecule has 146 valence electrons. The van der Waals surface area contributed by atoms with Gasteiger partial charge >= 0.3 is 5.97 Å². The van der Waals surface area contributed by atoms with Crippen molar-refractivity contribution in [3.8, 4) is 5.75 Å². The SMILES string of the molecule is CCOC(=O)c1c(Cl)nc2ccc(Br)cc2c1NCc1ccc(OC)c(Cl)c1. The number of anilines is 1. The molecule has 0 aliphatic heterocycles. The second-order valence-electron chi connectivity index (χ2n) is 5.86. The van der Waals surface area contributed by atoms with Crippen molar-refractivity contribution in [1.82, 2.24) is 4.98 Å². The summed E-state index contributed by atoms with van der Waals surface area (Å²) in [6.45, 7) is 2.39. The molecule has 3 aromatic rings. The van der Waals surface area contributed by atoms with Crippen LogP contribution in [0.15, 0.2) is 40.9 Å². The number of pyridine rings is 1. The van der Waals surface area contributed by atoms with Crippen LogP contribution in [-0.4, -0.2) is 24.7 Å². The molecule has 1 heterocycles. The number of aromatic nitrogens is 1. The minimum atomic E-state index is -0.530. The van der Waals surface area contributed by atoms with Crippen LogP contribution in [0.1, 0.15) is 22.8 Å². The fourth-order valence-corrected chi connectivity index (χ4v) is 3.69. The molecule has 2 aromatic carbocycles. The van der Waals surface area contributed by atoms with Gasteiger partial charge in [-0.05, 0) is 42.8 Å². The van der Waals surface area contributed by atoms with Gasteiger partial charge in [-0.15, -0.1) is 0 Å². The number of halogens is 3. The molecule has 8 heteroatoms. The van der Waals surface area contributed by atoms with Crippen molar-refractivity contribution in [1.29, 1.82) is 0 Å². The number of methoxy groups -OCH3 is 1. The summed E-state index contributed by atoms with van der Waals surface area (Å²) in [5.74, 6) is 0.0658. The Hall–Kier alpha value is -2.02. The van der Waals surface area contributed by atoms with Gasteiger partial charge in [0, 0.05) is 16.4 Å². The second kappa shape index (κ2) is 8.99. The quantitative estimate of drug-likeness (QED) is 0.339. The van der Waals surface area contributed by atoms with Crippen LogP contribution in [0.3, 0.4) is 0 Å². The molecule has 0 saturated heterocycles. The molecule has 0 fully saturated rings. The number of benzene rings is 2. The number of carbonyl (C=O) groups excluding carboxylic acids is 1. The number of ether oxygens (including phenoxy) is 2. The van der Waals surface area contributed by atoms with E-state index < -0.39 is 5.97 Å². The molecule has 28 heavy (non-hydrogen) atoms. The van der Waals surface area contributed by atoms with Crippen LogP contribution in [0.2, 0.25) is 10.2 Å². The first-order valence-corrected chi connectivity index (χ1v) is 10.0. The Morgan fingerprint density at radius 3 is 2.68 bits per heavy atom. The summed E-state index contributed by atoms with van der Waals surface area (Å²) in [6, 6.07) is 11.1. The van der Waals surface area contributed by atoms with Crippen LogP contribution < -0.4 is 10.1 Å². The van der Waals surface area contributed by atoms with Crippen LogP contribution in [-0.2, 0) is 11.3 Å². The lowest BCUT2D eigenvalue weighted by Crippen LogP contribution is -2.12. The average molecular weight is 484 g/mol. The Labute approximate surface area is 181 Å². The molecule has 0 bridgehead atoms. The van der Waals surface area contributed by atoms with Gasteiger partial charge < -0.3 is 14.8 Å². The molecule has 0 aliphatic rings. The molecule has 0 amide bonds. The number of carbonyl (C=O) groups is 1. The fraction of sp³-hybridized carbons (Fsp3) is 0.200. The third kappa shape index (κ3) is 4.35. The van der Waals surface area contributed by atoms with E-state index in [0.29, 0.717) is 28.5 Å². The summed E-state index contributed by atoms with van der Waals surface area (Å²) < 4.78 is 11.2. The largest absolute Gasteiger partial charge is 0.495 e. The number of hydrogen-bond donors (Lipinski definition) is 1. The van der Waals surface area contributed by atoms with Gasteiger partial charge in [-0.1, -0.05) is 45.2 Å². The first-order valence-electron chi connectivity index (χ1n) is 8.46. The Balaban J connectivity index is 2.06. The van der Waals surface area contributed by atoms with Gasteiger partial charge in [0.05, 0.1) is 29.9 Å². The molecule has 0 radical (unpaired) electrons. The van der Waals surface area contributed by atoms with Crippen molar-refractivity contribution >= 4 is 61.7 Å². The van der Waals surface area contributed by atoms with E-state index in [1.54, 1.807) is 26.2 Å². The van der Waals surface area contributed by atoms with Crippen LogP contribution in [0.25, 0.3) is 10.9 Å². The standard InChI is InChI=1S/C20H17BrCl2N2O3/c1-3-28-20(26)17-18(13-9-12(21)5-6-15(13)25-19(17)23)24-10-11-4-7-16(27-2)14(22)8-11/h4-9H,3,10H2,1-2H3,(H,24,25). The van der Waals surface area contributed by atoms with Gasteiger partial charge in [-0.25, -0.2) is 9.78 Å². The van der Waals surface area contributed by atoms with Crippen molar-refractivity contribution in [3.05, 3.63) is 62.2 Å². The number of rotatable bonds is 6. The highest BCUT2D eigenvalue weighted by Gasteiger charge is 2.22. The zero-order valence-corrected chi connectivity index (χ0v) is 18.3. The van der Waals surface area contributed by atoms with E-state index in [-0.39, 0.29) is 17.3 Å². The number of esters is 1. The van der Waals surface area contributed by atoms with E-state index in [9.17, 15) is 4.79 Å². The molecule has 5 nitrogen and oxygen atoms in total. The minimum Gasteiger partial charge on any atom is -0.495 e. The van der Waals surface area contributed by atoms with E-state index in [0.717, 1.165) is 15.4 Å². The van der Waals surface area contributed by atoms with E-state index >= 15 is 0 Å². The molecule has 0 spiro atoms. The summed E-state index contributed by atoms with van der Waals surface area (Å²) in [5.41, 5.74) is 2.34. The lowest BCUT2D eigenvalue weighted by atomic mass is 10.1. The monoisotopic (exact) mass is 482 g/mol. The normalized spacial score (nSPS) is 10.8. The summed E-state index contributed by atoms with van der Waals surface area (Å²) in [6.07, 6.45) is 0. The van der Waals surface area contributed by atoms with Crippen molar-refractivity contribution in [3.63, 3.8) is 0 Å². The molecule has 0 atom stereocenters. The highest BCUT2D eigenvalue weighted by molar-refractivity contribution is 9.10. The zero-order chi connectivity index (χ0) is 20.3. The minimum absolute atomic E-state index is 0.0866. The first-order chi connectivity index (χ1) is 13.4. The van der Waals surface area contributed by atoms with Gasteiger partial charge in [-0.3, -0.25) is 0 Å². The van der Waals surface area contributed by atoms with E-state index in [4.69, 9.17) is 32.7 Å². The van der Waals surface area contributed by atoms with Crippen LogP contribution in [0.5, 0.6) is 5.75 Å². The van der Waals surface area contributed by atoms with Crippen LogP contribution in [0, 0.1) is 0 Å². The molecule has 0 aliphatic carbocycles. The Morgan fingerprint density at radius 1 is 1.21 bits per heavy atom. The van der Waals surface area contributed by atoms with E-state index in [1.807, 2.05) is 24.3 Å². The van der Waals surface area contributed by atoms with Gasteiger partial charge in [0.2, 0.25) is 0 Å². The van der Waals surface area contributed by atoms with Gasteiger partial charge in [0.25, 0.3) is 0 Å². The molecule has 1 aromatic heterocycles. The predicted octanol–water partition coefficient (Wildman–Crippen LogP) is 6.10. The zero-order valence-electron chi connectivity index (χ0n) is 15.2. The Kier molecular flexibility index (Phi) is 6.65. The number of nitrogens with zero attached hydrogens (tertiary/aromatic N) is 1. The van der Waals surface area contributed by atoms with Crippen LogP contribution >= 0.6 is 39.1 Å². The summed E-state index contributed by atoms with van der Waals surface area (Å²) in [7, 11) is 1.56. The van der Waals surface area contributed by atoms with Crippen molar-refractivity contribution in [2.24, 2.45) is 0 Å².